The minimum absolute atomic E-state index is 0.232. The van der Waals surface area contributed by atoms with Crippen LogP contribution in [0.15, 0.2) is 23.1 Å². The van der Waals surface area contributed by atoms with Crippen molar-refractivity contribution in [1.29, 1.82) is 0 Å². The van der Waals surface area contributed by atoms with Crippen LogP contribution in [0.4, 0.5) is 0 Å². The minimum Gasteiger partial charge on any atom is -0.480 e. The average Bonchev–Trinajstić information content (AvgIpc) is 2.40. The molecule has 118 valence electrons. The van der Waals surface area contributed by atoms with Crippen LogP contribution in [-0.4, -0.2) is 28.4 Å². The summed E-state index contributed by atoms with van der Waals surface area (Å²) < 4.78 is 0. The molecule has 4 heteroatoms. The molecule has 0 aromatic heterocycles. The number of rotatable bonds is 8. The number of aryl methyl sites for hydroxylation is 2. The van der Waals surface area contributed by atoms with Crippen LogP contribution >= 0.6 is 11.8 Å². The number of carbonyl (C=O) groups is 1. The lowest BCUT2D eigenvalue weighted by Gasteiger charge is -2.29. The van der Waals surface area contributed by atoms with E-state index in [0.717, 1.165) is 13.0 Å². The molecule has 0 fully saturated rings. The number of aliphatic carboxylic acids is 1. The van der Waals surface area contributed by atoms with Gasteiger partial charge < -0.3 is 10.4 Å². The van der Waals surface area contributed by atoms with Crippen molar-refractivity contribution in [3.05, 3.63) is 29.3 Å². The molecule has 0 aliphatic heterocycles. The zero-order chi connectivity index (χ0) is 16.0. The highest BCUT2D eigenvalue weighted by atomic mass is 32.2. The molecular formula is C17H27NO2S. The molecule has 3 nitrogen and oxygen atoms in total. The molecule has 0 heterocycles. The fraction of sp³-hybridized carbons (Fsp3) is 0.588. The van der Waals surface area contributed by atoms with Crippen LogP contribution in [-0.2, 0) is 4.79 Å². The van der Waals surface area contributed by atoms with Gasteiger partial charge in [-0.25, -0.2) is 0 Å². The average molecular weight is 309 g/mol. The summed E-state index contributed by atoms with van der Waals surface area (Å²) in [6.45, 7) is 10.8. The van der Waals surface area contributed by atoms with Gasteiger partial charge in [-0.2, -0.15) is 0 Å². The summed E-state index contributed by atoms with van der Waals surface area (Å²) in [6, 6.07) is 6.40. The molecule has 1 aromatic carbocycles. The Labute approximate surface area is 132 Å². The van der Waals surface area contributed by atoms with Gasteiger partial charge in [-0.05, 0) is 51.8 Å². The van der Waals surface area contributed by atoms with E-state index in [9.17, 15) is 9.90 Å². The molecule has 0 aliphatic carbocycles. The Morgan fingerprint density at radius 3 is 2.67 bits per heavy atom. The second kappa shape index (κ2) is 7.85. The van der Waals surface area contributed by atoms with Crippen molar-refractivity contribution in [3.63, 3.8) is 0 Å². The number of carboxylic acids is 1. The summed E-state index contributed by atoms with van der Waals surface area (Å²) in [5, 5.41) is 12.9. The predicted octanol–water partition coefficient (Wildman–Crippen LogP) is 4.02. The van der Waals surface area contributed by atoms with Gasteiger partial charge in [-0.3, -0.25) is 4.79 Å². The van der Waals surface area contributed by atoms with E-state index in [1.807, 2.05) is 6.92 Å². The largest absolute Gasteiger partial charge is 0.480 e. The lowest BCUT2D eigenvalue weighted by molar-refractivity contribution is -0.144. The van der Waals surface area contributed by atoms with Gasteiger partial charge in [0.1, 0.15) is 5.54 Å². The van der Waals surface area contributed by atoms with E-state index in [1.54, 1.807) is 18.7 Å². The lowest BCUT2D eigenvalue weighted by Crippen LogP contribution is -2.51. The Kier molecular flexibility index (Phi) is 6.75. The Balaban J connectivity index is 2.76. The van der Waals surface area contributed by atoms with Crippen LogP contribution in [0, 0.1) is 13.8 Å². The number of thioether (sulfide) groups is 1. The van der Waals surface area contributed by atoms with Crippen molar-refractivity contribution in [1.82, 2.24) is 5.32 Å². The molecule has 1 aromatic rings. The van der Waals surface area contributed by atoms with Gasteiger partial charge >= 0.3 is 5.97 Å². The fourth-order valence-electron chi connectivity index (χ4n) is 2.30. The summed E-state index contributed by atoms with van der Waals surface area (Å²) in [5.41, 5.74) is 1.62. The van der Waals surface area contributed by atoms with E-state index in [1.165, 1.54) is 16.0 Å². The Hall–Kier alpha value is -1.00. The van der Waals surface area contributed by atoms with Crippen LogP contribution in [0.1, 0.15) is 44.7 Å². The van der Waals surface area contributed by atoms with Crippen molar-refractivity contribution in [2.24, 2.45) is 0 Å². The molecule has 0 radical (unpaired) electrons. The van der Waals surface area contributed by atoms with E-state index in [-0.39, 0.29) is 5.25 Å². The van der Waals surface area contributed by atoms with Gasteiger partial charge in [0.05, 0.1) is 0 Å². The fourth-order valence-corrected chi connectivity index (χ4v) is 3.66. The lowest BCUT2D eigenvalue weighted by atomic mass is 9.96. The number of benzene rings is 1. The van der Waals surface area contributed by atoms with E-state index in [0.29, 0.717) is 6.42 Å². The van der Waals surface area contributed by atoms with Gasteiger partial charge in [-0.15, -0.1) is 11.8 Å². The van der Waals surface area contributed by atoms with Gasteiger partial charge in [-0.1, -0.05) is 31.5 Å². The van der Waals surface area contributed by atoms with Crippen LogP contribution in [0.3, 0.4) is 0 Å². The van der Waals surface area contributed by atoms with Crippen LogP contribution in [0.25, 0.3) is 0 Å². The summed E-state index contributed by atoms with van der Waals surface area (Å²) >= 11 is 1.76. The zero-order valence-corrected chi connectivity index (χ0v) is 14.5. The van der Waals surface area contributed by atoms with Gasteiger partial charge in [0, 0.05) is 10.1 Å². The molecule has 21 heavy (non-hydrogen) atoms. The predicted molar refractivity (Wildman–Crippen MR) is 90.2 cm³/mol. The molecule has 2 N–H and O–H groups in total. The summed E-state index contributed by atoms with van der Waals surface area (Å²) in [6.07, 6.45) is 1.53. The second-order valence-electron chi connectivity index (χ2n) is 5.97. The molecule has 0 amide bonds. The zero-order valence-electron chi connectivity index (χ0n) is 13.7. The first kappa shape index (κ1) is 18.1. The normalized spacial score (nSPS) is 15.5. The molecule has 1 rings (SSSR count). The monoisotopic (exact) mass is 309 g/mol. The third-order valence-corrected chi connectivity index (χ3v) is 4.87. The molecule has 0 bridgehead atoms. The number of nitrogens with one attached hydrogen (secondary N) is 1. The highest BCUT2D eigenvalue weighted by molar-refractivity contribution is 8.00. The Morgan fingerprint density at radius 2 is 2.10 bits per heavy atom. The van der Waals surface area contributed by atoms with Crippen molar-refractivity contribution in [2.45, 2.75) is 63.1 Å². The van der Waals surface area contributed by atoms with E-state index < -0.39 is 11.5 Å². The highest BCUT2D eigenvalue weighted by Crippen LogP contribution is 2.31. The first-order valence-corrected chi connectivity index (χ1v) is 8.39. The quantitative estimate of drug-likeness (QED) is 0.712. The summed E-state index contributed by atoms with van der Waals surface area (Å²) in [4.78, 5) is 12.8. The van der Waals surface area contributed by atoms with Crippen LogP contribution < -0.4 is 5.32 Å². The molecule has 0 aliphatic rings. The van der Waals surface area contributed by atoms with Crippen LogP contribution in [0.2, 0.25) is 0 Å². The minimum atomic E-state index is -0.861. The Morgan fingerprint density at radius 1 is 1.43 bits per heavy atom. The van der Waals surface area contributed by atoms with Crippen molar-refractivity contribution in [2.75, 3.05) is 6.54 Å². The SMILES string of the molecule is CCCNC(C)(CC(C)Sc1cc(C)ccc1C)C(=O)O. The maximum Gasteiger partial charge on any atom is 0.323 e. The van der Waals surface area contributed by atoms with E-state index in [4.69, 9.17) is 0 Å². The topological polar surface area (TPSA) is 49.3 Å². The maximum atomic E-state index is 11.6. The first-order chi connectivity index (χ1) is 9.78. The maximum absolute atomic E-state index is 11.6. The van der Waals surface area contributed by atoms with Crippen molar-refractivity contribution < 1.29 is 9.90 Å². The van der Waals surface area contributed by atoms with Crippen LogP contribution in [0.5, 0.6) is 0 Å². The summed E-state index contributed by atoms with van der Waals surface area (Å²) in [7, 11) is 0. The third-order valence-electron chi connectivity index (χ3n) is 3.60. The van der Waals surface area contributed by atoms with E-state index in [2.05, 4.69) is 44.3 Å². The second-order valence-corrected chi connectivity index (χ2v) is 7.45. The first-order valence-electron chi connectivity index (χ1n) is 7.51. The van der Waals surface area contributed by atoms with Gasteiger partial charge in [0.2, 0.25) is 0 Å². The van der Waals surface area contributed by atoms with Gasteiger partial charge in [0.15, 0.2) is 0 Å². The number of carboxylic acid groups (broad SMARTS) is 1. The molecule has 0 saturated carbocycles. The number of hydrogen-bond acceptors (Lipinski definition) is 3. The highest BCUT2D eigenvalue weighted by Gasteiger charge is 2.34. The van der Waals surface area contributed by atoms with E-state index >= 15 is 0 Å². The molecular weight excluding hydrogens is 282 g/mol. The molecule has 2 atom stereocenters. The standard InChI is InChI=1S/C17H27NO2S/c1-6-9-18-17(5,16(19)20)11-14(4)21-15-10-12(2)7-8-13(15)3/h7-8,10,14,18H,6,9,11H2,1-5H3,(H,19,20). The molecule has 2 unspecified atom stereocenters. The molecule has 0 spiro atoms. The number of hydrogen-bond donors (Lipinski definition) is 2. The third kappa shape index (κ3) is 5.36. The molecule has 0 saturated heterocycles. The summed E-state index contributed by atoms with van der Waals surface area (Å²) in [5.74, 6) is -0.774. The smallest absolute Gasteiger partial charge is 0.323 e. The Bertz CT molecular complexity index is 490. The van der Waals surface area contributed by atoms with Crippen molar-refractivity contribution in [3.8, 4) is 0 Å². The van der Waals surface area contributed by atoms with Crippen molar-refractivity contribution >= 4 is 17.7 Å². The van der Waals surface area contributed by atoms with Gasteiger partial charge in [0.25, 0.3) is 0 Å².